The van der Waals surface area contributed by atoms with E-state index in [0.29, 0.717) is 0 Å². The number of amides is 1. The second kappa shape index (κ2) is 8.15. The number of carbonyl (C=O) groups is 1. The molecular weight excluding hydrogens is 280 g/mol. The van der Waals surface area contributed by atoms with Gasteiger partial charge >= 0.3 is 0 Å². The molecule has 1 aliphatic heterocycles. The van der Waals surface area contributed by atoms with Crippen molar-refractivity contribution in [3.8, 4) is 5.75 Å². The molecular formula is C17H26N2O3. The van der Waals surface area contributed by atoms with Gasteiger partial charge in [0.2, 0.25) is 5.91 Å². The molecule has 1 heterocycles. The van der Waals surface area contributed by atoms with Gasteiger partial charge in [-0.15, -0.1) is 0 Å². The van der Waals surface area contributed by atoms with Crippen LogP contribution in [0, 0.1) is 0 Å². The van der Waals surface area contributed by atoms with Crippen LogP contribution in [0.15, 0.2) is 24.3 Å². The lowest BCUT2D eigenvalue weighted by molar-refractivity contribution is -0.136. The summed E-state index contributed by atoms with van der Waals surface area (Å²) in [5.41, 5.74) is 7.10. The average Bonchev–Trinajstić information content (AvgIpc) is 2.80. The van der Waals surface area contributed by atoms with Gasteiger partial charge in [0.25, 0.3) is 0 Å². The monoisotopic (exact) mass is 306 g/mol. The van der Waals surface area contributed by atoms with Crippen molar-refractivity contribution < 1.29 is 14.3 Å². The molecule has 0 radical (unpaired) electrons. The third-order valence-corrected chi connectivity index (χ3v) is 4.20. The van der Waals surface area contributed by atoms with Crippen LogP contribution in [0.5, 0.6) is 5.75 Å². The van der Waals surface area contributed by atoms with E-state index in [-0.39, 0.29) is 18.6 Å². The molecule has 0 aromatic heterocycles. The summed E-state index contributed by atoms with van der Waals surface area (Å²) in [6, 6.07) is 7.46. The van der Waals surface area contributed by atoms with Crippen LogP contribution in [0.4, 0.5) is 0 Å². The number of hydrogen-bond acceptors (Lipinski definition) is 4. The minimum atomic E-state index is -0.594. The van der Waals surface area contributed by atoms with Gasteiger partial charge in [-0.1, -0.05) is 25.0 Å². The maximum Gasteiger partial charge on any atom is 0.242 e. The van der Waals surface area contributed by atoms with Gasteiger partial charge in [-0.25, -0.2) is 0 Å². The van der Waals surface area contributed by atoms with E-state index in [1.54, 1.807) is 14.2 Å². The summed E-state index contributed by atoms with van der Waals surface area (Å²) < 4.78 is 10.2. The highest BCUT2D eigenvalue weighted by Crippen LogP contribution is 2.31. The van der Waals surface area contributed by atoms with Gasteiger partial charge in [-0.05, 0) is 30.5 Å². The molecule has 1 saturated heterocycles. The first-order valence-electron chi connectivity index (χ1n) is 7.86. The molecule has 1 aliphatic rings. The highest BCUT2D eigenvalue weighted by Gasteiger charge is 2.29. The fourth-order valence-electron chi connectivity index (χ4n) is 3.01. The Kier molecular flexibility index (Phi) is 6.21. The maximum absolute atomic E-state index is 12.6. The third-order valence-electron chi connectivity index (χ3n) is 4.20. The molecule has 2 unspecified atom stereocenters. The van der Waals surface area contributed by atoms with E-state index in [1.807, 2.05) is 29.2 Å². The Morgan fingerprint density at radius 3 is 2.64 bits per heavy atom. The lowest BCUT2D eigenvalue weighted by atomic mass is 10.00. The van der Waals surface area contributed by atoms with Crippen molar-refractivity contribution in [3.63, 3.8) is 0 Å². The predicted molar refractivity (Wildman–Crippen MR) is 85.8 cm³/mol. The quantitative estimate of drug-likeness (QED) is 0.905. The Morgan fingerprint density at radius 1 is 1.27 bits per heavy atom. The molecule has 122 valence electrons. The Morgan fingerprint density at radius 2 is 2.00 bits per heavy atom. The molecule has 1 amide bonds. The Hall–Kier alpha value is -1.59. The molecule has 1 aromatic carbocycles. The molecule has 0 aliphatic carbocycles. The number of nitrogens with two attached hydrogens (primary N) is 1. The highest BCUT2D eigenvalue weighted by atomic mass is 16.5. The molecule has 1 aromatic rings. The number of hydrogen-bond donors (Lipinski definition) is 1. The molecule has 22 heavy (non-hydrogen) atoms. The Bertz CT molecular complexity index is 475. The van der Waals surface area contributed by atoms with E-state index in [9.17, 15) is 4.79 Å². The summed E-state index contributed by atoms with van der Waals surface area (Å²) in [5.74, 6) is 0.802. The first-order valence-corrected chi connectivity index (χ1v) is 7.86. The normalized spacial score (nSPS) is 20.3. The number of nitrogens with zero attached hydrogens (tertiary/aromatic N) is 1. The van der Waals surface area contributed by atoms with Gasteiger partial charge in [0.15, 0.2) is 0 Å². The summed E-state index contributed by atoms with van der Waals surface area (Å²) in [5, 5.41) is 0. The second-order valence-electron chi connectivity index (χ2n) is 5.73. The third kappa shape index (κ3) is 3.99. The van der Waals surface area contributed by atoms with E-state index in [1.165, 1.54) is 0 Å². The molecule has 2 N–H and O–H groups in total. The summed E-state index contributed by atoms with van der Waals surface area (Å²) in [7, 11) is 3.22. The van der Waals surface area contributed by atoms with Crippen molar-refractivity contribution in [1.82, 2.24) is 4.90 Å². The molecule has 0 bridgehead atoms. The van der Waals surface area contributed by atoms with Crippen LogP contribution >= 0.6 is 0 Å². The summed E-state index contributed by atoms with van der Waals surface area (Å²) >= 11 is 0. The van der Waals surface area contributed by atoms with Gasteiger partial charge in [0.05, 0.1) is 19.8 Å². The fourth-order valence-corrected chi connectivity index (χ4v) is 3.01. The van der Waals surface area contributed by atoms with Gasteiger partial charge < -0.3 is 20.1 Å². The molecule has 1 fully saturated rings. The van der Waals surface area contributed by atoms with Crippen LogP contribution in [0.2, 0.25) is 0 Å². The number of benzene rings is 1. The smallest absolute Gasteiger partial charge is 0.242 e. The number of ether oxygens (including phenoxy) is 2. The number of rotatable bonds is 5. The van der Waals surface area contributed by atoms with Gasteiger partial charge in [-0.3, -0.25) is 4.79 Å². The Labute approximate surface area is 132 Å². The number of likely N-dealkylation sites (tertiary alicyclic amines) is 1. The van der Waals surface area contributed by atoms with E-state index in [0.717, 1.165) is 43.5 Å². The molecule has 0 saturated carbocycles. The SMILES string of the molecule is COCC(N)C(=O)N1CCCCCC1c1ccc(OC)cc1. The van der Waals surface area contributed by atoms with Crippen molar-refractivity contribution in [2.75, 3.05) is 27.4 Å². The van der Waals surface area contributed by atoms with Crippen LogP contribution in [-0.2, 0) is 9.53 Å². The molecule has 2 rings (SSSR count). The molecule has 5 heteroatoms. The minimum Gasteiger partial charge on any atom is -0.497 e. The summed E-state index contributed by atoms with van der Waals surface area (Å²) in [6.45, 7) is 1.01. The molecule has 0 spiro atoms. The first-order chi connectivity index (χ1) is 10.7. The minimum absolute atomic E-state index is 0.0235. The van der Waals surface area contributed by atoms with Gasteiger partial charge in [0, 0.05) is 13.7 Å². The van der Waals surface area contributed by atoms with E-state index < -0.39 is 6.04 Å². The van der Waals surface area contributed by atoms with Crippen LogP contribution in [0.1, 0.15) is 37.3 Å². The lowest BCUT2D eigenvalue weighted by Crippen LogP contribution is -2.47. The maximum atomic E-state index is 12.6. The van der Waals surface area contributed by atoms with Crippen molar-refractivity contribution in [1.29, 1.82) is 0 Å². The van der Waals surface area contributed by atoms with E-state index in [2.05, 4.69) is 0 Å². The van der Waals surface area contributed by atoms with Crippen LogP contribution in [0.25, 0.3) is 0 Å². The zero-order chi connectivity index (χ0) is 15.9. The lowest BCUT2D eigenvalue weighted by Gasteiger charge is -2.32. The van der Waals surface area contributed by atoms with E-state index in [4.69, 9.17) is 15.2 Å². The van der Waals surface area contributed by atoms with Crippen molar-refractivity contribution in [3.05, 3.63) is 29.8 Å². The van der Waals surface area contributed by atoms with Crippen molar-refractivity contribution in [2.24, 2.45) is 5.73 Å². The zero-order valence-corrected chi connectivity index (χ0v) is 13.5. The Balaban J connectivity index is 2.21. The number of carbonyl (C=O) groups excluding carboxylic acids is 1. The zero-order valence-electron chi connectivity index (χ0n) is 13.5. The van der Waals surface area contributed by atoms with Crippen LogP contribution in [-0.4, -0.2) is 44.2 Å². The summed E-state index contributed by atoms with van der Waals surface area (Å²) in [6.07, 6.45) is 4.27. The predicted octanol–water partition coefficient (Wildman–Crippen LogP) is 2.11. The first kappa shape index (κ1) is 16.8. The van der Waals surface area contributed by atoms with Crippen LogP contribution in [0.3, 0.4) is 0 Å². The largest absolute Gasteiger partial charge is 0.497 e. The van der Waals surface area contributed by atoms with Crippen molar-refractivity contribution in [2.45, 2.75) is 37.8 Å². The van der Waals surface area contributed by atoms with Crippen LogP contribution < -0.4 is 10.5 Å². The second-order valence-corrected chi connectivity index (χ2v) is 5.73. The number of methoxy groups -OCH3 is 2. The standard InChI is InChI=1S/C17H26N2O3/c1-21-12-15(18)17(20)19-11-5-3-4-6-16(19)13-7-9-14(22-2)10-8-13/h7-10,15-16H,3-6,11-12,18H2,1-2H3. The summed E-state index contributed by atoms with van der Waals surface area (Å²) in [4.78, 5) is 14.6. The highest BCUT2D eigenvalue weighted by molar-refractivity contribution is 5.82. The molecule has 2 atom stereocenters. The topological polar surface area (TPSA) is 64.8 Å². The fraction of sp³-hybridized carbons (Fsp3) is 0.588. The van der Waals surface area contributed by atoms with Crippen molar-refractivity contribution >= 4 is 5.91 Å². The van der Waals surface area contributed by atoms with E-state index >= 15 is 0 Å². The molecule has 5 nitrogen and oxygen atoms in total. The van der Waals surface area contributed by atoms with Gasteiger partial charge in [0.1, 0.15) is 11.8 Å². The van der Waals surface area contributed by atoms with Gasteiger partial charge in [-0.2, -0.15) is 0 Å². The average molecular weight is 306 g/mol.